The molecule has 18 heavy (non-hydrogen) atoms. The van der Waals surface area contributed by atoms with Gasteiger partial charge in [-0.15, -0.1) is 0 Å². The van der Waals surface area contributed by atoms with E-state index in [1.165, 1.54) is 0 Å². The highest BCUT2D eigenvalue weighted by atomic mass is 79.9. The first-order valence-corrected chi connectivity index (χ1v) is 6.73. The molecular formula is C13H12BrNO3. The van der Waals surface area contributed by atoms with Crippen molar-refractivity contribution in [3.63, 3.8) is 0 Å². The molecule has 5 heteroatoms. The van der Waals surface area contributed by atoms with Crippen LogP contribution in [-0.2, 0) is 10.2 Å². The molecule has 0 aromatic heterocycles. The van der Waals surface area contributed by atoms with Crippen molar-refractivity contribution in [1.29, 1.82) is 0 Å². The van der Waals surface area contributed by atoms with Gasteiger partial charge in [0, 0.05) is 10.2 Å². The number of halogens is 1. The lowest BCUT2D eigenvalue weighted by atomic mass is 9.79. The second-order valence-electron chi connectivity index (χ2n) is 4.93. The van der Waals surface area contributed by atoms with Gasteiger partial charge in [0.05, 0.1) is 11.0 Å². The summed E-state index contributed by atoms with van der Waals surface area (Å²) in [6.45, 7) is 0. The molecule has 1 heterocycles. The molecule has 1 aromatic carbocycles. The molecule has 1 saturated carbocycles. The number of aromatic carboxylic acids is 1. The average Bonchev–Trinajstić information content (AvgIpc) is 2.87. The van der Waals surface area contributed by atoms with Crippen LogP contribution in [0.2, 0.25) is 0 Å². The first-order chi connectivity index (χ1) is 8.54. The maximum atomic E-state index is 12.2. The highest BCUT2D eigenvalue weighted by Gasteiger charge is 2.48. The maximum Gasteiger partial charge on any atom is 0.336 e. The smallest absolute Gasteiger partial charge is 0.336 e. The minimum atomic E-state index is -0.975. The van der Waals surface area contributed by atoms with Gasteiger partial charge in [0.1, 0.15) is 0 Å². The summed E-state index contributed by atoms with van der Waals surface area (Å²) in [7, 11) is 0. The molecule has 3 rings (SSSR count). The van der Waals surface area contributed by atoms with Crippen LogP contribution in [0, 0.1) is 0 Å². The fourth-order valence-electron chi connectivity index (χ4n) is 3.08. The van der Waals surface area contributed by atoms with Gasteiger partial charge in [0.2, 0.25) is 5.91 Å². The number of carbonyl (C=O) groups is 2. The van der Waals surface area contributed by atoms with Crippen molar-refractivity contribution in [1.82, 2.24) is 0 Å². The number of carboxylic acid groups (broad SMARTS) is 1. The van der Waals surface area contributed by atoms with Crippen LogP contribution in [0.3, 0.4) is 0 Å². The number of hydrogen-bond acceptors (Lipinski definition) is 2. The first kappa shape index (κ1) is 11.7. The molecule has 0 radical (unpaired) electrons. The molecule has 1 spiro atoms. The van der Waals surface area contributed by atoms with Gasteiger partial charge in [0.25, 0.3) is 0 Å². The van der Waals surface area contributed by atoms with Crippen LogP contribution < -0.4 is 5.32 Å². The van der Waals surface area contributed by atoms with Crippen molar-refractivity contribution < 1.29 is 14.7 Å². The molecule has 1 aromatic rings. The van der Waals surface area contributed by atoms with Gasteiger partial charge in [-0.3, -0.25) is 4.79 Å². The van der Waals surface area contributed by atoms with Crippen LogP contribution >= 0.6 is 15.9 Å². The monoisotopic (exact) mass is 309 g/mol. The highest BCUT2D eigenvalue weighted by Crippen LogP contribution is 2.49. The van der Waals surface area contributed by atoms with E-state index in [1.54, 1.807) is 12.1 Å². The largest absolute Gasteiger partial charge is 0.478 e. The second kappa shape index (κ2) is 3.82. The maximum absolute atomic E-state index is 12.2. The van der Waals surface area contributed by atoms with E-state index < -0.39 is 11.4 Å². The Bertz CT molecular complexity index is 562. The molecular weight excluding hydrogens is 298 g/mol. The molecule has 0 atom stereocenters. The summed E-state index contributed by atoms with van der Waals surface area (Å²) in [6.07, 6.45) is 3.66. The highest BCUT2D eigenvalue weighted by molar-refractivity contribution is 9.10. The zero-order valence-electron chi connectivity index (χ0n) is 9.62. The molecule has 1 amide bonds. The first-order valence-electron chi connectivity index (χ1n) is 5.93. The van der Waals surface area contributed by atoms with Crippen molar-refractivity contribution in [2.75, 3.05) is 5.32 Å². The zero-order valence-corrected chi connectivity index (χ0v) is 11.2. The number of amides is 1. The van der Waals surface area contributed by atoms with Crippen LogP contribution in [0.15, 0.2) is 16.6 Å². The van der Waals surface area contributed by atoms with E-state index in [1.807, 2.05) is 0 Å². The normalized spacial score (nSPS) is 19.9. The summed E-state index contributed by atoms with van der Waals surface area (Å²) in [6, 6.07) is 3.34. The molecule has 94 valence electrons. The molecule has 0 bridgehead atoms. The Morgan fingerprint density at radius 2 is 2.00 bits per heavy atom. The molecule has 2 aliphatic rings. The van der Waals surface area contributed by atoms with E-state index in [0.29, 0.717) is 4.47 Å². The number of benzene rings is 1. The fourth-order valence-corrected chi connectivity index (χ4v) is 3.59. The third-order valence-corrected chi connectivity index (χ3v) is 4.65. The number of hydrogen-bond donors (Lipinski definition) is 2. The van der Waals surface area contributed by atoms with Crippen LogP contribution in [-0.4, -0.2) is 17.0 Å². The number of carbonyl (C=O) groups excluding carboxylic acids is 1. The molecule has 1 aliphatic heterocycles. The van der Waals surface area contributed by atoms with E-state index in [9.17, 15) is 9.59 Å². The number of nitrogens with one attached hydrogen (secondary N) is 1. The second-order valence-corrected chi connectivity index (χ2v) is 5.78. The van der Waals surface area contributed by atoms with Gasteiger partial charge in [-0.1, -0.05) is 12.8 Å². The zero-order chi connectivity index (χ0) is 12.9. The van der Waals surface area contributed by atoms with Gasteiger partial charge in [-0.05, 0) is 46.5 Å². The molecule has 4 nitrogen and oxygen atoms in total. The van der Waals surface area contributed by atoms with Crippen molar-refractivity contribution in [2.24, 2.45) is 0 Å². The summed E-state index contributed by atoms with van der Waals surface area (Å²) in [4.78, 5) is 23.3. The number of fused-ring (bicyclic) bond motifs is 2. The Kier molecular flexibility index (Phi) is 2.48. The number of rotatable bonds is 1. The lowest BCUT2D eigenvalue weighted by Crippen LogP contribution is -2.31. The Labute approximate surface area is 113 Å². The summed E-state index contributed by atoms with van der Waals surface area (Å²) >= 11 is 3.24. The van der Waals surface area contributed by atoms with E-state index in [-0.39, 0.29) is 11.5 Å². The van der Waals surface area contributed by atoms with Crippen LogP contribution in [0.25, 0.3) is 0 Å². The molecule has 0 saturated heterocycles. The SMILES string of the molecule is O=C(O)c1cc2c(cc1Br)NC(=O)C21CCCC1. The molecule has 1 aliphatic carbocycles. The molecule has 1 fully saturated rings. The van der Waals surface area contributed by atoms with Crippen molar-refractivity contribution >= 4 is 33.5 Å². The Morgan fingerprint density at radius 3 is 2.61 bits per heavy atom. The van der Waals surface area contributed by atoms with Crippen LogP contribution in [0.1, 0.15) is 41.6 Å². The number of anilines is 1. The molecule has 0 unspecified atom stereocenters. The van der Waals surface area contributed by atoms with Gasteiger partial charge in [0.15, 0.2) is 0 Å². The van der Waals surface area contributed by atoms with Crippen LogP contribution in [0.5, 0.6) is 0 Å². The van der Waals surface area contributed by atoms with E-state index in [4.69, 9.17) is 5.11 Å². The summed E-state index contributed by atoms with van der Waals surface area (Å²) in [5.74, 6) is -0.957. The predicted molar refractivity (Wildman–Crippen MR) is 69.9 cm³/mol. The van der Waals surface area contributed by atoms with E-state index in [2.05, 4.69) is 21.2 Å². The van der Waals surface area contributed by atoms with Gasteiger partial charge < -0.3 is 10.4 Å². The van der Waals surface area contributed by atoms with Gasteiger partial charge in [-0.25, -0.2) is 4.79 Å². The van der Waals surface area contributed by atoms with Crippen LogP contribution in [0.4, 0.5) is 5.69 Å². The fraction of sp³-hybridized carbons (Fsp3) is 0.385. The average molecular weight is 310 g/mol. The Balaban J connectivity index is 2.20. The van der Waals surface area contributed by atoms with Crippen molar-refractivity contribution in [3.05, 3.63) is 27.7 Å². The summed E-state index contributed by atoms with van der Waals surface area (Å²) in [5, 5.41) is 12.0. The van der Waals surface area contributed by atoms with Gasteiger partial charge >= 0.3 is 5.97 Å². The quantitative estimate of drug-likeness (QED) is 0.838. The Hall–Kier alpha value is -1.36. The lowest BCUT2D eigenvalue weighted by molar-refractivity contribution is -0.120. The minimum Gasteiger partial charge on any atom is -0.478 e. The topological polar surface area (TPSA) is 66.4 Å². The van der Waals surface area contributed by atoms with Crippen molar-refractivity contribution in [3.8, 4) is 0 Å². The standard InChI is InChI=1S/C13H12BrNO3/c14-9-6-10-8(5-7(9)11(16)17)13(12(18)15-10)3-1-2-4-13/h5-6H,1-4H2,(H,15,18)(H,16,17). The molecule has 2 N–H and O–H groups in total. The lowest BCUT2D eigenvalue weighted by Gasteiger charge is -2.20. The predicted octanol–water partition coefficient (Wildman–Crippen LogP) is 2.91. The van der Waals surface area contributed by atoms with Gasteiger partial charge in [-0.2, -0.15) is 0 Å². The summed E-state index contributed by atoms with van der Waals surface area (Å²) in [5.41, 5.74) is 1.33. The third-order valence-electron chi connectivity index (χ3n) is 3.99. The van der Waals surface area contributed by atoms with Crippen molar-refractivity contribution in [2.45, 2.75) is 31.1 Å². The summed E-state index contributed by atoms with van der Waals surface area (Å²) < 4.78 is 0.504. The number of carboxylic acids is 1. The third kappa shape index (κ3) is 1.43. The van der Waals surface area contributed by atoms with E-state index >= 15 is 0 Å². The van der Waals surface area contributed by atoms with E-state index in [0.717, 1.165) is 36.9 Å². The Morgan fingerprint density at radius 1 is 1.33 bits per heavy atom. The minimum absolute atomic E-state index is 0.0180.